The molecule has 9 nitrogen and oxygen atoms in total. The van der Waals surface area contributed by atoms with E-state index >= 15 is 4.79 Å². The van der Waals surface area contributed by atoms with E-state index < -0.39 is 11.5 Å². The average Bonchev–Trinajstić information content (AvgIpc) is 3.80. The fourth-order valence-electron chi connectivity index (χ4n) is 7.94. The van der Waals surface area contributed by atoms with Crippen LogP contribution < -0.4 is 14.8 Å². The Morgan fingerprint density at radius 1 is 0.860 bits per heavy atom. The van der Waals surface area contributed by atoms with Crippen LogP contribution in [-0.4, -0.2) is 50.8 Å². The first-order valence-corrected chi connectivity index (χ1v) is 15.2. The van der Waals surface area contributed by atoms with Crippen molar-refractivity contribution in [1.82, 2.24) is 19.9 Å². The SMILES string of the molecule is O=C1c2ccccc2OCc2cn(nn2)CCCCOc2ccccc2[C@H]2C3CCCN3[C@@]3(C(=O)Nc4ccccc43)[C@H]12. The molecule has 0 aliphatic carbocycles. The number of amides is 1. The Morgan fingerprint density at radius 2 is 1.67 bits per heavy atom. The number of ether oxygens (including phenoxy) is 2. The van der Waals surface area contributed by atoms with Crippen molar-refractivity contribution < 1.29 is 19.1 Å². The van der Waals surface area contributed by atoms with E-state index in [1.54, 1.807) is 0 Å². The van der Waals surface area contributed by atoms with Gasteiger partial charge >= 0.3 is 0 Å². The van der Waals surface area contributed by atoms with Gasteiger partial charge in [-0.05, 0) is 62.1 Å². The first-order valence-electron chi connectivity index (χ1n) is 15.2. The molecular formula is C34H33N5O4. The number of nitrogens with one attached hydrogen (secondary N) is 1. The van der Waals surface area contributed by atoms with Crippen molar-refractivity contribution >= 4 is 17.4 Å². The number of hydrogen-bond donors (Lipinski definition) is 1. The van der Waals surface area contributed by atoms with Crippen LogP contribution in [0.4, 0.5) is 5.69 Å². The summed E-state index contributed by atoms with van der Waals surface area (Å²) in [6.07, 6.45) is 5.47. The quantitative estimate of drug-likeness (QED) is 0.317. The topological polar surface area (TPSA) is 98.6 Å². The minimum atomic E-state index is -1.15. The Hall–Kier alpha value is -4.50. The molecule has 2 saturated heterocycles. The molecule has 5 heterocycles. The molecule has 3 aromatic carbocycles. The third-order valence-electron chi connectivity index (χ3n) is 9.62. The molecule has 9 heteroatoms. The maximum Gasteiger partial charge on any atom is 0.250 e. The fraction of sp³-hybridized carbons (Fsp3) is 0.353. The van der Waals surface area contributed by atoms with Crippen LogP contribution in [0, 0.1) is 5.92 Å². The number of Topliss-reactive ketones (excluding diaryl/α,β-unsaturated/α-hetero) is 1. The van der Waals surface area contributed by atoms with Crippen molar-refractivity contribution in [2.24, 2.45) is 5.92 Å². The molecule has 4 aromatic rings. The number of rotatable bonds is 0. The third-order valence-corrected chi connectivity index (χ3v) is 9.62. The summed E-state index contributed by atoms with van der Waals surface area (Å²) in [6.45, 7) is 2.20. The monoisotopic (exact) mass is 575 g/mol. The van der Waals surface area contributed by atoms with Gasteiger partial charge in [-0.2, -0.15) is 0 Å². The summed E-state index contributed by atoms with van der Waals surface area (Å²) in [4.78, 5) is 31.9. The van der Waals surface area contributed by atoms with Crippen molar-refractivity contribution in [3.8, 4) is 11.5 Å². The van der Waals surface area contributed by atoms with Gasteiger partial charge in [0.25, 0.3) is 0 Å². The summed E-state index contributed by atoms with van der Waals surface area (Å²) in [5.74, 6) is 0.0460. The van der Waals surface area contributed by atoms with Gasteiger partial charge in [0.05, 0.1) is 24.3 Å². The fourth-order valence-corrected chi connectivity index (χ4v) is 7.94. The Balaban J connectivity index is 1.34. The first-order chi connectivity index (χ1) is 21.2. The average molecular weight is 576 g/mol. The lowest BCUT2D eigenvalue weighted by atomic mass is 9.68. The highest BCUT2D eigenvalue weighted by Gasteiger charge is 2.69. The molecule has 8 rings (SSSR count). The highest BCUT2D eigenvalue weighted by Crippen LogP contribution is 2.62. The van der Waals surface area contributed by atoms with E-state index in [9.17, 15) is 4.79 Å². The summed E-state index contributed by atoms with van der Waals surface area (Å²) >= 11 is 0. The highest BCUT2D eigenvalue weighted by atomic mass is 16.5. The molecule has 0 radical (unpaired) electrons. The lowest BCUT2D eigenvalue weighted by Crippen LogP contribution is -2.52. The molecule has 1 unspecified atom stereocenters. The highest BCUT2D eigenvalue weighted by molar-refractivity contribution is 6.13. The zero-order chi connectivity index (χ0) is 29.0. The van der Waals surface area contributed by atoms with E-state index in [0.29, 0.717) is 23.6 Å². The van der Waals surface area contributed by atoms with Gasteiger partial charge in [-0.1, -0.05) is 53.7 Å². The van der Waals surface area contributed by atoms with Gasteiger partial charge in [-0.3, -0.25) is 19.2 Å². The number of aromatic nitrogens is 3. The second kappa shape index (κ2) is 10.3. The van der Waals surface area contributed by atoms with Gasteiger partial charge in [0, 0.05) is 29.8 Å². The number of benzene rings is 3. The number of anilines is 1. The summed E-state index contributed by atoms with van der Waals surface area (Å²) < 4.78 is 14.5. The summed E-state index contributed by atoms with van der Waals surface area (Å²) in [5.41, 5.74) is 2.63. The third kappa shape index (κ3) is 4.01. The van der Waals surface area contributed by atoms with Crippen molar-refractivity contribution in [2.45, 2.75) is 56.3 Å². The Labute approximate surface area is 249 Å². The molecule has 1 spiro atoms. The molecule has 2 fully saturated rings. The smallest absolute Gasteiger partial charge is 0.250 e. The van der Waals surface area contributed by atoms with Crippen molar-refractivity contribution in [3.05, 3.63) is 101 Å². The molecule has 1 amide bonds. The van der Waals surface area contributed by atoms with Gasteiger partial charge in [0.15, 0.2) is 5.78 Å². The molecule has 4 aliphatic rings. The van der Waals surface area contributed by atoms with Crippen molar-refractivity contribution in [2.75, 3.05) is 18.5 Å². The van der Waals surface area contributed by atoms with E-state index in [-0.39, 0.29) is 30.3 Å². The molecule has 0 saturated carbocycles. The van der Waals surface area contributed by atoms with Gasteiger partial charge in [0.2, 0.25) is 5.91 Å². The maximum absolute atomic E-state index is 15.2. The first kappa shape index (κ1) is 26.2. The number of nitrogens with zero attached hydrogens (tertiary/aromatic N) is 4. The summed E-state index contributed by atoms with van der Waals surface area (Å²) in [7, 11) is 0. The molecule has 1 N–H and O–H groups in total. The van der Waals surface area contributed by atoms with E-state index in [1.165, 1.54) is 0 Å². The minimum Gasteiger partial charge on any atom is -0.493 e. The van der Waals surface area contributed by atoms with E-state index in [4.69, 9.17) is 9.47 Å². The van der Waals surface area contributed by atoms with E-state index in [2.05, 4.69) is 26.6 Å². The lowest BCUT2D eigenvalue weighted by molar-refractivity contribution is -0.127. The van der Waals surface area contributed by atoms with Gasteiger partial charge in [-0.15, -0.1) is 5.10 Å². The van der Waals surface area contributed by atoms with Crippen LogP contribution in [0.3, 0.4) is 0 Å². The normalized spacial score (nSPS) is 26.7. The zero-order valence-electron chi connectivity index (χ0n) is 23.8. The lowest BCUT2D eigenvalue weighted by Gasteiger charge is -2.37. The van der Waals surface area contributed by atoms with E-state index in [0.717, 1.165) is 61.3 Å². The Bertz CT molecular complexity index is 1720. The van der Waals surface area contributed by atoms with Crippen LogP contribution in [-0.2, 0) is 23.5 Å². The Kier molecular flexibility index (Phi) is 6.29. The van der Waals surface area contributed by atoms with Gasteiger partial charge in [0.1, 0.15) is 29.3 Å². The maximum atomic E-state index is 15.2. The standard InChI is InChI=1S/C34H33N5O4/c40-32-24-11-2-6-16-29(24)43-21-22-20-38(37-36-22)17-7-8-19-42-28-15-5-1-10-23(28)30-27-14-9-18-39(27)34(31(30)32)25-12-3-4-13-26(25)35-33(34)41/h1-6,10-13,15-16,20,27,30-31H,7-9,14,17-19,21H2,(H,35,41)/t27?,30-,31-,34+/m0/s1. The summed E-state index contributed by atoms with van der Waals surface area (Å²) in [6, 6.07) is 23.3. The number of fused-ring (bicyclic) bond motifs is 12. The number of para-hydroxylation sites is 3. The second-order valence-electron chi connectivity index (χ2n) is 11.9. The van der Waals surface area contributed by atoms with Crippen molar-refractivity contribution in [1.29, 1.82) is 0 Å². The largest absolute Gasteiger partial charge is 0.493 e. The van der Waals surface area contributed by atoms with Crippen LogP contribution in [0.2, 0.25) is 0 Å². The van der Waals surface area contributed by atoms with Crippen LogP contribution in [0.15, 0.2) is 79.0 Å². The van der Waals surface area contributed by atoms with Crippen LogP contribution in [0.25, 0.3) is 0 Å². The predicted octanol–water partition coefficient (Wildman–Crippen LogP) is 4.94. The number of hydrogen-bond acceptors (Lipinski definition) is 7. The number of ketones is 1. The van der Waals surface area contributed by atoms with E-state index in [1.807, 2.05) is 77.6 Å². The number of aryl methyl sites for hydroxylation is 1. The predicted molar refractivity (Wildman–Crippen MR) is 159 cm³/mol. The van der Waals surface area contributed by atoms with Crippen LogP contribution >= 0.6 is 0 Å². The van der Waals surface area contributed by atoms with Crippen LogP contribution in [0.1, 0.15) is 58.8 Å². The molecule has 43 heavy (non-hydrogen) atoms. The van der Waals surface area contributed by atoms with Crippen LogP contribution in [0.5, 0.6) is 11.5 Å². The molecule has 218 valence electrons. The molecular weight excluding hydrogens is 542 g/mol. The number of carbonyl (C=O) groups excluding carboxylic acids is 2. The number of carbonyl (C=O) groups is 2. The molecule has 4 aliphatic heterocycles. The second-order valence-corrected chi connectivity index (χ2v) is 11.9. The zero-order valence-corrected chi connectivity index (χ0v) is 23.8. The summed E-state index contributed by atoms with van der Waals surface area (Å²) in [5, 5.41) is 11.7. The Morgan fingerprint density at radius 3 is 2.60 bits per heavy atom. The van der Waals surface area contributed by atoms with Gasteiger partial charge < -0.3 is 14.8 Å². The molecule has 2 bridgehead atoms. The minimum absolute atomic E-state index is 0.000118. The van der Waals surface area contributed by atoms with Crippen molar-refractivity contribution in [3.63, 3.8) is 0 Å². The van der Waals surface area contributed by atoms with Gasteiger partial charge in [-0.25, -0.2) is 0 Å². The molecule has 1 aromatic heterocycles. The molecule has 4 atom stereocenters.